The minimum atomic E-state index is -0.457. The van der Waals surface area contributed by atoms with Crippen molar-refractivity contribution in [3.05, 3.63) is 0 Å². The molecule has 0 aromatic carbocycles. The fourth-order valence-electron chi connectivity index (χ4n) is 1.14. The highest BCUT2D eigenvalue weighted by atomic mass is 16.6. The molecule has 0 heterocycles. The van der Waals surface area contributed by atoms with Crippen molar-refractivity contribution in [3.63, 3.8) is 0 Å². The molecule has 0 aliphatic carbocycles. The van der Waals surface area contributed by atoms with Gasteiger partial charge >= 0.3 is 23.9 Å². The predicted octanol–water partition coefficient (Wildman–Crippen LogP) is 3.31. The fraction of sp³-hybridized carbons (Fsp3) is 0.750. The monoisotopic (exact) mass is 316 g/mol. The van der Waals surface area contributed by atoms with Crippen molar-refractivity contribution in [3.8, 4) is 0 Å². The fourth-order valence-corrected chi connectivity index (χ4v) is 1.14. The Kier molecular flexibility index (Phi) is 16.1. The molecule has 22 heavy (non-hydrogen) atoms. The Morgan fingerprint density at radius 3 is 1.18 bits per heavy atom. The zero-order valence-electron chi connectivity index (χ0n) is 14.1. The van der Waals surface area contributed by atoms with Crippen molar-refractivity contribution in [2.45, 2.75) is 79.1 Å². The van der Waals surface area contributed by atoms with Gasteiger partial charge in [-0.2, -0.15) is 0 Å². The average molecular weight is 316 g/mol. The number of hydrogen-bond acceptors (Lipinski definition) is 6. The molecule has 0 saturated heterocycles. The van der Waals surface area contributed by atoms with Gasteiger partial charge in [0.25, 0.3) is 0 Å². The lowest BCUT2D eigenvalue weighted by atomic mass is 10.2. The maximum Gasteiger partial charge on any atom is 0.313 e. The van der Waals surface area contributed by atoms with E-state index in [1.807, 2.05) is 13.8 Å². The van der Waals surface area contributed by atoms with Crippen LogP contribution in [0, 0.1) is 0 Å². The summed E-state index contributed by atoms with van der Waals surface area (Å²) in [5, 5.41) is 0. The number of ether oxygens (including phenoxy) is 2. The normalized spacial score (nSPS) is 9.27. The number of carbonyl (C=O) groups is 4. The van der Waals surface area contributed by atoms with Gasteiger partial charge in [-0.1, -0.05) is 40.5 Å². The first kappa shape index (κ1) is 22.6. The standard InChI is InChI=1S/C10H18O3.C6H10O3/c1-3-5-7-9(11)13-10(12)8-6-4-2;1-3-5(7)9-6(8)4-2/h3-8H2,1-2H3;3-4H2,1-2H3. The van der Waals surface area contributed by atoms with Gasteiger partial charge in [0.2, 0.25) is 0 Å². The second kappa shape index (κ2) is 15.7. The van der Waals surface area contributed by atoms with Crippen LogP contribution in [0.15, 0.2) is 0 Å². The van der Waals surface area contributed by atoms with E-state index in [0.29, 0.717) is 12.8 Å². The summed E-state index contributed by atoms with van der Waals surface area (Å²) < 4.78 is 8.85. The summed E-state index contributed by atoms with van der Waals surface area (Å²) in [4.78, 5) is 42.5. The molecule has 0 aliphatic heterocycles. The molecule has 0 unspecified atom stereocenters. The van der Waals surface area contributed by atoms with Crippen LogP contribution in [0.3, 0.4) is 0 Å². The van der Waals surface area contributed by atoms with Crippen LogP contribution in [0.5, 0.6) is 0 Å². The van der Waals surface area contributed by atoms with E-state index in [4.69, 9.17) is 0 Å². The van der Waals surface area contributed by atoms with Crippen LogP contribution >= 0.6 is 0 Å². The van der Waals surface area contributed by atoms with Gasteiger partial charge in [0.15, 0.2) is 0 Å². The molecule has 0 fully saturated rings. The summed E-state index contributed by atoms with van der Waals surface area (Å²) in [7, 11) is 0. The summed E-state index contributed by atoms with van der Waals surface area (Å²) in [5.74, 6) is -1.69. The smallest absolute Gasteiger partial charge is 0.313 e. The van der Waals surface area contributed by atoms with Crippen molar-refractivity contribution < 1.29 is 28.7 Å². The SMILES string of the molecule is CCC(=O)OC(=O)CC.CCCCC(=O)OC(=O)CCCC. The molecule has 0 radical (unpaired) electrons. The zero-order chi connectivity index (χ0) is 17.4. The molecular weight excluding hydrogens is 288 g/mol. The van der Waals surface area contributed by atoms with Crippen LogP contribution in [-0.2, 0) is 28.7 Å². The lowest BCUT2D eigenvalue weighted by Gasteiger charge is -2.00. The first-order valence-electron chi connectivity index (χ1n) is 7.88. The summed E-state index contributed by atoms with van der Waals surface area (Å²) in [6.45, 7) is 7.27. The van der Waals surface area contributed by atoms with E-state index in [1.54, 1.807) is 13.8 Å². The largest absolute Gasteiger partial charge is 0.393 e. The summed E-state index contributed by atoms with van der Waals surface area (Å²) in [6, 6.07) is 0. The number of carbonyl (C=O) groups excluding carboxylic acids is 4. The van der Waals surface area contributed by atoms with E-state index >= 15 is 0 Å². The van der Waals surface area contributed by atoms with E-state index in [0.717, 1.165) is 25.7 Å². The van der Waals surface area contributed by atoms with Crippen molar-refractivity contribution in [2.24, 2.45) is 0 Å². The predicted molar refractivity (Wildman–Crippen MR) is 81.8 cm³/mol. The average Bonchev–Trinajstić information content (AvgIpc) is 2.51. The van der Waals surface area contributed by atoms with Crippen LogP contribution in [0.1, 0.15) is 79.1 Å². The maximum atomic E-state index is 10.9. The number of unbranched alkanes of at least 4 members (excludes halogenated alkanes) is 2. The highest BCUT2D eigenvalue weighted by Crippen LogP contribution is 2.00. The van der Waals surface area contributed by atoms with Gasteiger partial charge in [-0.3, -0.25) is 19.2 Å². The van der Waals surface area contributed by atoms with Crippen LogP contribution in [0.4, 0.5) is 0 Å². The molecular formula is C16H28O6. The second-order valence-electron chi connectivity index (χ2n) is 4.61. The van der Waals surface area contributed by atoms with Crippen LogP contribution < -0.4 is 0 Å². The third-order valence-electron chi connectivity index (χ3n) is 2.50. The van der Waals surface area contributed by atoms with Crippen molar-refractivity contribution in [2.75, 3.05) is 0 Å². The Labute approximate surface area is 132 Å². The van der Waals surface area contributed by atoms with Crippen molar-refractivity contribution in [1.82, 2.24) is 0 Å². The first-order valence-corrected chi connectivity index (χ1v) is 7.88. The van der Waals surface area contributed by atoms with E-state index < -0.39 is 11.9 Å². The molecule has 0 bridgehead atoms. The second-order valence-corrected chi connectivity index (χ2v) is 4.61. The molecule has 0 aromatic rings. The highest BCUT2D eigenvalue weighted by Gasteiger charge is 2.08. The molecule has 0 amide bonds. The lowest BCUT2D eigenvalue weighted by Crippen LogP contribution is -2.11. The summed E-state index contributed by atoms with van der Waals surface area (Å²) in [5.41, 5.74) is 0. The summed E-state index contributed by atoms with van der Waals surface area (Å²) >= 11 is 0. The Morgan fingerprint density at radius 1 is 0.591 bits per heavy atom. The highest BCUT2D eigenvalue weighted by molar-refractivity contribution is 5.85. The maximum absolute atomic E-state index is 10.9. The van der Waals surface area contributed by atoms with E-state index in [2.05, 4.69) is 9.47 Å². The topological polar surface area (TPSA) is 86.7 Å². The van der Waals surface area contributed by atoms with Crippen LogP contribution in [-0.4, -0.2) is 23.9 Å². The van der Waals surface area contributed by atoms with E-state index in [9.17, 15) is 19.2 Å². The molecule has 0 aromatic heterocycles. The van der Waals surface area contributed by atoms with Crippen LogP contribution in [0.2, 0.25) is 0 Å². The molecule has 6 heteroatoms. The van der Waals surface area contributed by atoms with Crippen LogP contribution in [0.25, 0.3) is 0 Å². The molecule has 128 valence electrons. The molecule has 6 nitrogen and oxygen atoms in total. The van der Waals surface area contributed by atoms with Gasteiger partial charge < -0.3 is 9.47 Å². The Bertz CT molecular complexity index is 317. The number of hydrogen-bond donors (Lipinski definition) is 0. The number of esters is 4. The minimum Gasteiger partial charge on any atom is -0.393 e. The van der Waals surface area contributed by atoms with Gasteiger partial charge in [-0.15, -0.1) is 0 Å². The molecule has 0 aliphatic rings. The third-order valence-corrected chi connectivity index (χ3v) is 2.50. The summed E-state index contributed by atoms with van der Waals surface area (Å²) in [6.07, 6.45) is 4.69. The first-order chi connectivity index (χ1) is 10.4. The van der Waals surface area contributed by atoms with Gasteiger partial charge in [0.1, 0.15) is 0 Å². The van der Waals surface area contributed by atoms with Gasteiger partial charge in [0, 0.05) is 25.7 Å². The Hall–Kier alpha value is -1.72. The van der Waals surface area contributed by atoms with Crippen molar-refractivity contribution >= 4 is 23.9 Å². The zero-order valence-corrected chi connectivity index (χ0v) is 14.1. The van der Waals surface area contributed by atoms with Gasteiger partial charge in [-0.25, -0.2) is 0 Å². The van der Waals surface area contributed by atoms with E-state index in [1.165, 1.54) is 0 Å². The molecule has 0 spiro atoms. The third kappa shape index (κ3) is 16.3. The molecule has 0 atom stereocenters. The molecule has 0 N–H and O–H groups in total. The number of rotatable bonds is 8. The Morgan fingerprint density at radius 2 is 0.909 bits per heavy atom. The van der Waals surface area contributed by atoms with Crippen molar-refractivity contribution in [1.29, 1.82) is 0 Å². The lowest BCUT2D eigenvalue weighted by molar-refractivity contribution is -0.161. The van der Waals surface area contributed by atoms with Gasteiger partial charge in [-0.05, 0) is 12.8 Å². The Balaban J connectivity index is 0. The van der Waals surface area contributed by atoms with E-state index in [-0.39, 0.29) is 24.8 Å². The van der Waals surface area contributed by atoms with Gasteiger partial charge in [0.05, 0.1) is 0 Å². The minimum absolute atomic E-state index is 0.256. The molecule has 0 saturated carbocycles. The quantitative estimate of drug-likeness (QED) is 0.504. The molecule has 0 rings (SSSR count).